The number of aliphatic carboxylic acids is 1. The average molecular weight is 339 g/mol. The number of rotatable bonds is 5. The second kappa shape index (κ2) is 6.05. The van der Waals surface area contributed by atoms with Gasteiger partial charge in [-0.15, -0.1) is 0 Å². The number of imide groups is 1. The number of benzene rings is 2. The molecule has 0 aliphatic carbocycles. The van der Waals surface area contributed by atoms with E-state index < -0.39 is 23.2 Å². The lowest BCUT2D eigenvalue weighted by Crippen LogP contribution is -2.32. The fourth-order valence-corrected chi connectivity index (χ4v) is 2.49. The van der Waals surface area contributed by atoms with Gasteiger partial charge in [0, 0.05) is 0 Å². The molecule has 0 spiro atoms. The van der Waals surface area contributed by atoms with E-state index in [4.69, 9.17) is 4.74 Å². The van der Waals surface area contributed by atoms with Gasteiger partial charge in [0.05, 0.1) is 22.2 Å². The van der Waals surface area contributed by atoms with Crippen LogP contribution in [0.4, 0.5) is 5.69 Å². The van der Waals surface area contributed by atoms with E-state index in [9.17, 15) is 19.5 Å². The highest BCUT2D eigenvalue weighted by Gasteiger charge is 2.38. The molecule has 6 heteroatoms. The number of ether oxygens (including phenoxy) is 1. The number of para-hydroxylation sites is 2. The molecule has 2 amide bonds. The Morgan fingerprint density at radius 1 is 1.00 bits per heavy atom. The summed E-state index contributed by atoms with van der Waals surface area (Å²) in [5.41, 5.74) is -0.119. The molecule has 1 aliphatic heterocycles. The number of carboxylic acids is 1. The molecule has 1 N–H and O–H groups in total. The van der Waals surface area contributed by atoms with Crippen LogP contribution in [0.2, 0.25) is 0 Å². The van der Waals surface area contributed by atoms with Gasteiger partial charge in [0.15, 0.2) is 0 Å². The average Bonchev–Trinajstić information content (AvgIpc) is 2.85. The maximum Gasteiger partial charge on any atom is 0.312 e. The maximum atomic E-state index is 12.6. The van der Waals surface area contributed by atoms with Crippen LogP contribution in [0.5, 0.6) is 5.75 Å². The molecule has 0 atom stereocenters. The van der Waals surface area contributed by atoms with E-state index in [-0.39, 0.29) is 12.4 Å². The van der Waals surface area contributed by atoms with Gasteiger partial charge in [-0.25, -0.2) is 4.90 Å². The minimum atomic E-state index is -1.10. The van der Waals surface area contributed by atoms with Gasteiger partial charge in [-0.05, 0) is 38.1 Å². The highest BCUT2D eigenvalue weighted by Crippen LogP contribution is 2.35. The number of anilines is 1. The number of hydrogen-bond acceptors (Lipinski definition) is 4. The molecule has 2 aromatic rings. The van der Waals surface area contributed by atoms with Crippen LogP contribution in [0.25, 0.3) is 0 Å². The number of carbonyl (C=O) groups excluding carboxylic acids is 2. The molecular formula is C19H17NO5. The number of carboxylic acid groups (broad SMARTS) is 1. The molecule has 1 heterocycles. The summed E-state index contributed by atoms with van der Waals surface area (Å²) in [6, 6.07) is 13.2. The molecule has 0 saturated heterocycles. The monoisotopic (exact) mass is 339 g/mol. The van der Waals surface area contributed by atoms with Gasteiger partial charge >= 0.3 is 5.97 Å². The Hall–Kier alpha value is -3.15. The van der Waals surface area contributed by atoms with Crippen molar-refractivity contribution in [2.75, 3.05) is 11.5 Å². The van der Waals surface area contributed by atoms with Crippen LogP contribution in [0, 0.1) is 5.41 Å². The quantitative estimate of drug-likeness (QED) is 0.847. The first-order valence-corrected chi connectivity index (χ1v) is 7.76. The summed E-state index contributed by atoms with van der Waals surface area (Å²) in [7, 11) is 0. The number of nitrogens with zero attached hydrogens (tertiary/aromatic N) is 1. The third kappa shape index (κ3) is 2.87. The van der Waals surface area contributed by atoms with E-state index in [0.717, 1.165) is 4.90 Å². The minimum absolute atomic E-state index is 0.0947. The molecule has 128 valence electrons. The topological polar surface area (TPSA) is 83.9 Å². The standard InChI is InChI=1S/C19H17NO5/c1-19(2,18(23)24)11-25-15-10-6-5-9-14(15)20-16(21)12-7-3-4-8-13(12)17(20)22/h3-10H,11H2,1-2H3,(H,23,24). The van der Waals surface area contributed by atoms with Crippen molar-refractivity contribution in [3.05, 3.63) is 59.7 Å². The van der Waals surface area contributed by atoms with Gasteiger partial charge in [-0.2, -0.15) is 0 Å². The third-order valence-corrected chi connectivity index (χ3v) is 4.07. The maximum absolute atomic E-state index is 12.6. The van der Waals surface area contributed by atoms with E-state index in [1.165, 1.54) is 0 Å². The number of hydrogen-bond donors (Lipinski definition) is 1. The zero-order chi connectivity index (χ0) is 18.2. The van der Waals surface area contributed by atoms with E-state index in [2.05, 4.69) is 0 Å². The number of amides is 2. The molecule has 0 radical (unpaired) electrons. The fraction of sp³-hybridized carbons (Fsp3) is 0.211. The molecule has 2 aromatic carbocycles. The van der Waals surface area contributed by atoms with Crippen LogP contribution in [0.15, 0.2) is 48.5 Å². The van der Waals surface area contributed by atoms with Gasteiger partial charge in [0.25, 0.3) is 11.8 Å². The first kappa shape index (κ1) is 16.7. The third-order valence-electron chi connectivity index (χ3n) is 4.07. The lowest BCUT2D eigenvalue weighted by molar-refractivity contribution is -0.148. The first-order valence-electron chi connectivity index (χ1n) is 7.76. The van der Waals surface area contributed by atoms with Crippen LogP contribution in [-0.4, -0.2) is 29.5 Å². The molecule has 0 unspecified atom stereocenters. The molecule has 3 rings (SSSR count). The first-order chi connectivity index (χ1) is 11.8. The van der Waals surface area contributed by atoms with E-state index in [1.807, 2.05) is 0 Å². The summed E-state index contributed by atoms with van der Waals surface area (Å²) in [6.07, 6.45) is 0. The zero-order valence-electron chi connectivity index (χ0n) is 13.9. The van der Waals surface area contributed by atoms with Crippen molar-refractivity contribution in [3.63, 3.8) is 0 Å². The van der Waals surface area contributed by atoms with Gasteiger partial charge < -0.3 is 9.84 Å². The molecule has 0 fully saturated rings. The molecule has 0 aromatic heterocycles. The van der Waals surface area contributed by atoms with Crippen LogP contribution in [0.1, 0.15) is 34.6 Å². The Balaban J connectivity index is 1.94. The highest BCUT2D eigenvalue weighted by atomic mass is 16.5. The van der Waals surface area contributed by atoms with E-state index in [1.54, 1.807) is 62.4 Å². The smallest absolute Gasteiger partial charge is 0.312 e. The van der Waals surface area contributed by atoms with Crippen LogP contribution in [0.3, 0.4) is 0 Å². The Kier molecular flexibility index (Phi) is 4.04. The predicted molar refractivity (Wildman–Crippen MR) is 90.9 cm³/mol. The highest BCUT2D eigenvalue weighted by molar-refractivity contribution is 6.34. The summed E-state index contributed by atoms with van der Waals surface area (Å²) in [6.45, 7) is 2.99. The molecule has 6 nitrogen and oxygen atoms in total. The summed E-state index contributed by atoms with van der Waals surface area (Å²) in [5.74, 6) is -1.56. The second-order valence-electron chi connectivity index (χ2n) is 6.44. The van der Waals surface area contributed by atoms with E-state index in [0.29, 0.717) is 16.8 Å². The molecule has 1 aliphatic rings. The van der Waals surface area contributed by atoms with Crippen molar-refractivity contribution in [2.24, 2.45) is 5.41 Å². The SMILES string of the molecule is CC(C)(COc1ccccc1N1C(=O)c2ccccc2C1=O)C(=O)O. The number of carbonyl (C=O) groups is 3. The lowest BCUT2D eigenvalue weighted by atomic mass is 9.95. The van der Waals surface area contributed by atoms with Crippen molar-refractivity contribution < 1.29 is 24.2 Å². The number of fused-ring (bicyclic) bond motifs is 1. The predicted octanol–water partition coefficient (Wildman–Crippen LogP) is 2.98. The van der Waals surface area contributed by atoms with Crippen molar-refractivity contribution in [2.45, 2.75) is 13.8 Å². The Morgan fingerprint density at radius 3 is 2.08 bits per heavy atom. The van der Waals surface area contributed by atoms with Crippen molar-refractivity contribution in [1.29, 1.82) is 0 Å². The summed E-state index contributed by atoms with van der Waals surface area (Å²) < 4.78 is 5.64. The molecular weight excluding hydrogens is 322 g/mol. The molecule has 0 saturated carbocycles. The van der Waals surface area contributed by atoms with Crippen LogP contribution < -0.4 is 9.64 Å². The lowest BCUT2D eigenvalue weighted by Gasteiger charge is -2.23. The second-order valence-corrected chi connectivity index (χ2v) is 6.44. The summed E-state index contributed by atoms with van der Waals surface area (Å²) in [5, 5.41) is 9.20. The largest absolute Gasteiger partial charge is 0.490 e. The van der Waals surface area contributed by atoms with Gasteiger partial charge in [0.2, 0.25) is 0 Å². The van der Waals surface area contributed by atoms with Crippen molar-refractivity contribution >= 4 is 23.5 Å². The van der Waals surface area contributed by atoms with E-state index >= 15 is 0 Å². The Bertz CT molecular complexity index is 837. The Labute approximate surface area is 144 Å². The summed E-state index contributed by atoms with van der Waals surface area (Å²) in [4.78, 5) is 37.6. The fourth-order valence-electron chi connectivity index (χ4n) is 2.49. The van der Waals surface area contributed by atoms with Crippen molar-refractivity contribution in [1.82, 2.24) is 0 Å². The zero-order valence-corrected chi connectivity index (χ0v) is 13.9. The van der Waals surface area contributed by atoms with Crippen LogP contribution >= 0.6 is 0 Å². The Morgan fingerprint density at radius 2 is 1.52 bits per heavy atom. The van der Waals surface area contributed by atoms with Gasteiger partial charge in [-0.1, -0.05) is 24.3 Å². The van der Waals surface area contributed by atoms with Gasteiger partial charge in [0.1, 0.15) is 12.4 Å². The van der Waals surface area contributed by atoms with Gasteiger partial charge in [-0.3, -0.25) is 14.4 Å². The summed E-state index contributed by atoms with van der Waals surface area (Å²) >= 11 is 0. The normalized spacial score (nSPS) is 13.8. The minimum Gasteiger partial charge on any atom is -0.490 e. The van der Waals surface area contributed by atoms with Crippen molar-refractivity contribution in [3.8, 4) is 5.75 Å². The van der Waals surface area contributed by atoms with Crippen LogP contribution in [-0.2, 0) is 4.79 Å². The molecule has 0 bridgehead atoms. The molecule has 25 heavy (non-hydrogen) atoms.